The van der Waals surface area contributed by atoms with Crippen molar-refractivity contribution in [2.24, 2.45) is 0 Å². The quantitative estimate of drug-likeness (QED) is 0.882. The van der Waals surface area contributed by atoms with Gasteiger partial charge in [-0.2, -0.15) is 0 Å². The van der Waals surface area contributed by atoms with E-state index in [1.165, 1.54) is 0 Å². The van der Waals surface area contributed by atoms with E-state index in [0.717, 1.165) is 28.3 Å². The van der Waals surface area contributed by atoms with Crippen LogP contribution in [0.3, 0.4) is 0 Å². The summed E-state index contributed by atoms with van der Waals surface area (Å²) in [7, 11) is 0. The fourth-order valence-corrected chi connectivity index (χ4v) is 2.12. The Bertz CT molecular complexity index is 590. The molecule has 5 heteroatoms. The lowest BCUT2D eigenvalue weighted by atomic mass is 9.98. The van der Waals surface area contributed by atoms with E-state index in [1.54, 1.807) is 0 Å². The maximum atomic E-state index is 5.81. The van der Waals surface area contributed by atoms with Crippen LogP contribution < -0.4 is 15.2 Å². The molecule has 2 N–H and O–H groups in total. The van der Waals surface area contributed by atoms with Gasteiger partial charge < -0.3 is 19.7 Å². The maximum absolute atomic E-state index is 5.81. The second kappa shape index (κ2) is 3.94. The fraction of sp³-hybridized carbons (Fsp3) is 0.308. The highest BCUT2D eigenvalue weighted by Crippen LogP contribution is 2.39. The van der Waals surface area contributed by atoms with Gasteiger partial charge in [0.25, 0.3) is 0 Å². The van der Waals surface area contributed by atoms with E-state index >= 15 is 0 Å². The summed E-state index contributed by atoms with van der Waals surface area (Å²) in [5.41, 5.74) is 8.42. The van der Waals surface area contributed by atoms with Crippen molar-refractivity contribution in [3.05, 3.63) is 23.8 Å². The number of aromatic nitrogens is 1. The summed E-state index contributed by atoms with van der Waals surface area (Å²) in [6.07, 6.45) is 0. The number of rotatable bonds is 2. The molecule has 0 bridgehead atoms. The van der Waals surface area contributed by atoms with Crippen LogP contribution in [0.4, 0.5) is 5.88 Å². The average Bonchev–Trinajstić information content (AvgIpc) is 2.93. The summed E-state index contributed by atoms with van der Waals surface area (Å²) < 4.78 is 15.7. The second-order valence-electron chi connectivity index (χ2n) is 4.53. The summed E-state index contributed by atoms with van der Waals surface area (Å²) in [4.78, 5) is 0. The van der Waals surface area contributed by atoms with E-state index in [1.807, 2.05) is 18.2 Å². The normalized spacial score (nSPS) is 13.3. The minimum atomic E-state index is 0.247. The largest absolute Gasteiger partial charge is 0.454 e. The Morgan fingerprint density at radius 1 is 1.22 bits per heavy atom. The van der Waals surface area contributed by atoms with Crippen molar-refractivity contribution >= 4 is 5.88 Å². The molecule has 2 aromatic rings. The summed E-state index contributed by atoms with van der Waals surface area (Å²) in [6, 6.07) is 5.69. The number of nitrogens with zero attached hydrogens (tertiary/aromatic N) is 1. The van der Waals surface area contributed by atoms with E-state index in [4.69, 9.17) is 19.7 Å². The Morgan fingerprint density at radius 2 is 2.00 bits per heavy atom. The number of benzene rings is 1. The molecule has 2 heterocycles. The van der Waals surface area contributed by atoms with Gasteiger partial charge in [0, 0.05) is 11.1 Å². The van der Waals surface area contributed by atoms with Crippen molar-refractivity contribution in [3.8, 4) is 22.8 Å². The highest BCUT2D eigenvalue weighted by atomic mass is 16.7. The summed E-state index contributed by atoms with van der Waals surface area (Å²) >= 11 is 0. The van der Waals surface area contributed by atoms with Crippen molar-refractivity contribution in [1.29, 1.82) is 0 Å². The van der Waals surface area contributed by atoms with Crippen molar-refractivity contribution in [2.45, 2.75) is 19.8 Å². The van der Waals surface area contributed by atoms with Crippen LogP contribution in [-0.2, 0) is 0 Å². The lowest BCUT2D eigenvalue weighted by Gasteiger charge is -2.06. The molecule has 0 amide bonds. The minimum absolute atomic E-state index is 0.247. The van der Waals surface area contributed by atoms with E-state index in [-0.39, 0.29) is 12.7 Å². The molecule has 18 heavy (non-hydrogen) atoms. The molecule has 0 unspecified atom stereocenters. The zero-order valence-electron chi connectivity index (χ0n) is 10.3. The predicted octanol–water partition coefficient (Wildman–Crippen LogP) is 2.78. The van der Waals surface area contributed by atoms with Gasteiger partial charge in [-0.3, -0.25) is 0 Å². The number of nitrogens with two attached hydrogens (primary N) is 1. The summed E-state index contributed by atoms with van der Waals surface area (Å²) in [5.74, 6) is 2.10. The molecule has 0 atom stereocenters. The Morgan fingerprint density at radius 3 is 2.78 bits per heavy atom. The first-order valence-corrected chi connectivity index (χ1v) is 5.82. The van der Waals surface area contributed by atoms with Gasteiger partial charge in [0.05, 0.1) is 0 Å². The first-order valence-electron chi connectivity index (χ1n) is 5.82. The lowest BCUT2D eigenvalue weighted by Crippen LogP contribution is -1.94. The zero-order valence-corrected chi connectivity index (χ0v) is 10.3. The molecule has 1 aromatic heterocycles. The third-order valence-corrected chi connectivity index (χ3v) is 2.98. The molecule has 0 aliphatic carbocycles. The fourth-order valence-electron chi connectivity index (χ4n) is 2.12. The van der Waals surface area contributed by atoms with Crippen molar-refractivity contribution in [1.82, 2.24) is 5.16 Å². The first kappa shape index (κ1) is 11.0. The SMILES string of the molecule is CC(C)c1c(-c2ccc3c(c2)OCO3)noc1N. The van der Waals surface area contributed by atoms with Crippen LogP contribution in [0.1, 0.15) is 25.3 Å². The highest BCUT2D eigenvalue weighted by molar-refractivity contribution is 5.70. The van der Waals surface area contributed by atoms with E-state index in [9.17, 15) is 0 Å². The number of hydrogen-bond donors (Lipinski definition) is 1. The molecule has 5 nitrogen and oxygen atoms in total. The standard InChI is InChI=1S/C13H14N2O3/c1-7(2)11-12(15-18-13(11)14)8-3-4-9-10(5-8)17-6-16-9/h3-5,7H,6,14H2,1-2H3. The molecular weight excluding hydrogens is 232 g/mol. The maximum Gasteiger partial charge on any atom is 0.231 e. The molecule has 1 aliphatic heterocycles. The molecule has 0 saturated carbocycles. The summed E-state index contributed by atoms with van der Waals surface area (Å²) in [6.45, 7) is 4.37. The first-order chi connectivity index (χ1) is 8.66. The van der Waals surface area contributed by atoms with Crippen molar-refractivity contribution in [2.75, 3.05) is 12.5 Å². The van der Waals surface area contributed by atoms with Crippen molar-refractivity contribution < 1.29 is 14.0 Å². The van der Waals surface area contributed by atoms with Crippen LogP contribution in [0.5, 0.6) is 11.5 Å². The van der Waals surface area contributed by atoms with E-state index in [0.29, 0.717) is 5.88 Å². The average molecular weight is 246 g/mol. The number of nitrogen functional groups attached to an aromatic ring is 1. The molecule has 1 aliphatic rings. The van der Waals surface area contributed by atoms with Crippen molar-refractivity contribution in [3.63, 3.8) is 0 Å². The predicted molar refractivity (Wildman–Crippen MR) is 66.6 cm³/mol. The molecule has 0 radical (unpaired) electrons. The van der Waals surface area contributed by atoms with Crippen LogP contribution in [0.15, 0.2) is 22.7 Å². The number of ether oxygens (including phenoxy) is 2. The van der Waals surface area contributed by atoms with Gasteiger partial charge in [0.15, 0.2) is 11.5 Å². The Hall–Kier alpha value is -2.17. The second-order valence-corrected chi connectivity index (χ2v) is 4.53. The smallest absolute Gasteiger partial charge is 0.231 e. The molecule has 94 valence electrons. The van der Waals surface area contributed by atoms with Crippen LogP contribution in [0.2, 0.25) is 0 Å². The Labute approximate surface area is 104 Å². The minimum Gasteiger partial charge on any atom is -0.454 e. The van der Waals surface area contributed by atoms with E-state index < -0.39 is 0 Å². The monoisotopic (exact) mass is 246 g/mol. The molecule has 1 aromatic carbocycles. The molecule has 0 saturated heterocycles. The zero-order chi connectivity index (χ0) is 12.7. The molecular formula is C13H14N2O3. The number of anilines is 1. The van der Waals surface area contributed by atoms with Gasteiger partial charge in [-0.15, -0.1) is 0 Å². The number of fused-ring (bicyclic) bond motifs is 1. The summed E-state index contributed by atoms with van der Waals surface area (Å²) in [5, 5.41) is 4.04. The van der Waals surface area contributed by atoms with Crippen LogP contribution in [0, 0.1) is 0 Å². The molecule has 0 fully saturated rings. The van der Waals surface area contributed by atoms with Gasteiger partial charge in [0.1, 0.15) is 5.69 Å². The van der Waals surface area contributed by atoms with Gasteiger partial charge in [-0.25, -0.2) is 0 Å². The van der Waals surface area contributed by atoms with Crippen LogP contribution >= 0.6 is 0 Å². The van der Waals surface area contributed by atoms with Gasteiger partial charge in [-0.05, 0) is 24.1 Å². The third kappa shape index (κ3) is 1.59. The van der Waals surface area contributed by atoms with Crippen LogP contribution in [0.25, 0.3) is 11.3 Å². The lowest BCUT2D eigenvalue weighted by molar-refractivity contribution is 0.174. The van der Waals surface area contributed by atoms with Gasteiger partial charge in [-0.1, -0.05) is 19.0 Å². The Balaban J connectivity index is 2.10. The topological polar surface area (TPSA) is 70.5 Å². The van der Waals surface area contributed by atoms with Gasteiger partial charge in [0.2, 0.25) is 12.7 Å². The van der Waals surface area contributed by atoms with Gasteiger partial charge >= 0.3 is 0 Å². The molecule has 3 rings (SSSR count). The highest BCUT2D eigenvalue weighted by Gasteiger charge is 2.21. The molecule has 0 spiro atoms. The Kier molecular flexibility index (Phi) is 2.40. The van der Waals surface area contributed by atoms with Crippen LogP contribution in [-0.4, -0.2) is 11.9 Å². The third-order valence-electron chi connectivity index (χ3n) is 2.98. The van der Waals surface area contributed by atoms with E-state index in [2.05, 4.69) is 19.0 Å². The number of hydrogen-bond acceptors (Lipinski definition) is 5.